The smallest absolute Gasteiger partial charge is 0.337 e. The van der Waals surface area contributed by atoms with Crippen LogP contribution in [0.5, 0.6) is 0 Å². The number of carbonyl (C=O) groups excluding carboxylic acids is 3. The van der Waals surface area contributed by atoms with Gasteiger partial charge in [0.1, 0.15) is 6.61 Å². The second-order valence-electron chi connectivity index (χ2n) is 7.16. The number of ether oxygens (including phenoxy) is 2. The van der Waals surface area contributed by atoms with Crippen LogP contribution >= 0.6 is 11.6 Å². The summed E-state index contributed by atoms with van der Waals surface area (Å²) in [7, 11) is 2.72. The van der Waals surface area contributed by atoms with Crippen LogP contribution in [0.15, 0.2) is 42.5 Å². The first-order chi connectivity index (χ1) is 14.4. The molecule has 1 aliphatic carbocycles. The van der Waals surface area contributed by atoms with Crippen LogP contribution in [0.1, 0.15) is 34.3 Å². The van der Waals surface area contributed by atoms with Gasteiger partial charge in [0.25, 0.3) is 0 Å². The highest BCUT2D eigenvalue weighted by Crippen LogP contribution is 2.49. The van der Waals surface area contributed by atoms with Crippen LogP contribution in [0.2, 0.25) is 5.02 Å². The van der Waals surface area contributed by atoms with E-state index >= 15 is 0 Å². The number of hydrogen-bond acceptors (Lipinski definition) is 5. The fourth-order valence-corrected chi connectivity index (χ4v) is 3.40. The molecule has 0 atom stereocenters. The molecule has 0 heterocycles. The number of esters is 1. The van der Waals surface area contributed by atoms with E-state index in [9.17, 15) is 14.4 Å². The molecule has 0 bridgehead atoms. The van der Waals surface area contributed by atoms with Crippen molar-refractivity contribution < 1.29 is 23.9 Å². The number of halogens is 1. The standard InChI is InChI=1S/C22H23ClN2O5/c1-29-13-19(26)24-12-14-9-15(20(27)30-2)11-18(10-14)25-21(28)22(7-8-22)16-3-5-17(23)6-4-16/h3-6,9-11H,7-8,12-13H2,1-2H3,(H,24,26)(H,25,28). The van der Waals surface area contributed by atoms with E-state index in [1.165, 1.54) is 14.2 Å². The van der Waals surface area contributed by atoms with Crippen LogP contribution in [-0.2, 0) is 31.0 Å². The van der Waals surface area contributed by atoms with Gasteiger partial charge < -0.3 is 20.1 Å². The molecule has 0 saturated heterocycles. The van der Waals surface area contributed by atoms with Crippen LogP contribution in [0.3, 0.4) is 0 Å². The summed E-state index contributed by atoms with van der Waals surface area (Å²) < 4.78 is 9.59. The zero-order chi connectivity index (χ0) is 21.7. The van der Waals surface area contributed by atoms with Crippen LogP contribution in [-0.4, -0.2) is 38.6 Å². The largest absolute Gasteiger partial charge is 0.465 e. The van der Waals surface area contributed by atoms with Crippen molar-refractivity contribution in [3.05, 3.63) is 64.2 Å². The summed E-state index contributed by atoms with van der Waals surface area (Å²) >= 11 is 5.96. The van der Waals surface area contributed by atoms with Gasteiger partial charge in [0.2, 0.25) is 11.8 Å². The highest BCUT2D eigenvalue weighted by molar-refractivity contribution is 6.30. The first-order valence-corrected chi connectivity index (χ1v) is 9.81. The molecule has 2 aromatic carbocycles. The molecular formula is C22H23ClN2O5. The van der Waals surface area contributed by atoms with E-state index in [1.54, 1.807) is 30.3 Å². The fraction of sp³-hybridized carbons (Fsp3) is 0.318. The number of rotatable bonds is 8. The van der Waals surface area contributed by atoms with Crippen molar-refractivity contribution in [1.29, 1.82) is 0 Å². The minimum Gasteiger partial charge on any atom is -0.465 e. The Morgan fingerprint density at radius 1 is 1.07 bits per heavy atom. The molecule has 0 radical (unpaired) electrons. The third-order valence-electron chi connectivity index (χ3n) is 5.02. The van der Waals surface area contributed by atoms with Gasteiger partial charge in [-0.15, -0.1) is 0 Å². The Morgan fingerprint density at radius 3 is 2.37 bits per heavy atom. The number of benzene rings is 2. The minimum absolute atomic E-state index is 0.0656. The lowest BCUT2D eigenvalue weighted by molar-refractivity contribution is -0.125. The molecule has 3 rings (SSSR count). The normalized spacial score (nSPS) is 14.0. The van der Waals surface area contributed by atoms with Gasteiger partial charge in [-0.3, -0.25) is 9.59 Å². The number of nitrogens with one attached hydrogen (secondary N) is 2. The van der Waals surface area contributed by atoms with E-state index in [4.69, 9.17) is 21.1 Å². The van der Waals surface area contributed by atoms with Gasteiger partial charge >= 0.3 is 5.97 Å². The summed E-state index contributed by atoms with van der Waals surface area (Å²) in [5.41, 5.74) is 1.69. The second-order valence-corrected chi connectivity index (χ2v) is 7.60. The maximum absolute atomic E-state index is 13.0. The zero-order valence-corrected chi connectivity index (χ0v) is 17.5. The number of carbonyl (C=O) groups is 3. The third kappa shape index (κ3) is 4.98. The molecule has 0 spiro atoms. The topological polar surface area (TPSA) is 93.7 Å². The third-order valence-corrected chi connectivity index (χ3v) is 5.27. The van der Waals surface area contributed by atoms with Gasteiger partial charge in [-0.05, 0) is 54.3 Å². The van der Waals surface area contributed by atoms with Crippen molar-refractivity contribution in [3.63, 3.8) is 0 Å². The summed E-state index contributed by atoms with van der Waals surface area (Å²) in [5.74, 6) is -0.971. The van der Waals surface area contributed by atoms with E-state index in [0.717, 1.165) is 18.4 Å². The van der Waals surface area contributed by atoms with Crippen molar-refractivity contribution in [2.24, 2.45) is 0 Å². The molecule has 1 aliphatic rings. The molecule has 2 aromatic rings. The highest BCUT2D eigenvalue weighted by atomic mass is 35.5. The van der Waals surface area contributed by atoms with Crippen molar-refractivity contribution in [1.82, 2.24) is 5.32 Å². The van der Waals surface area contributed by atoms with E-state index < -0.39 is 11.4 Å². The number of anilines is 1. The molecule has 158 valence electrons. The lowest BCUT2D eigenvalue weighted by Crippen LogP contribution is -2.28. The molecule has 2 N–H and O–H groups in total. The minimum atomic E-state index is -0.599. The molecular weight excluding hydrogens is 408 g/mol. The van der Waals surface area contributed by atoms with E-state index in [0.29, 0.717) is 16.3 Å². The quantitative estimate of drug-likeness (QED) is 0.628. The van der Waals surface area contributed by atoms with Crippen molar-refractivity contribution >= 4 is 35.1 Å². The molecule has 7 nitrogen and oxygen atoms in total. The fourth-order valence-electron chi connectivity index (χ4n) is 3.28. The van der Waals surface area contributed by atoms with Gasteiger partial charge in [0.15, 0.2) is 0 Å². The SMILES string of the molecule is COCC(=O)NCc1cc(NC(=O)C2(c3ccc(Cl)cc3)CC2)cc(C(=O)OC)c1. The molecule has 2 amide bonds. The number of methoxy groups -OCH3 is 2. The summed E-state index contributed by atoms with van der Waals surface area (Å²) in [6.45, 7) is 0.113. The van der Waals surface area contributed by atoms with Gasteiger partial charge in [0.05, 0.1) is 18.1 Å². The lowest BCUT2D eigenvalue weighted by atomic mass is 9.95. The molecule has 1 saturated carbocycles. The predicted molar refractivity (Wildman–Crippen MR) is 112 cm³/mol. The Hall–Kier alpha value is -2.90. The lowest BCUT2D eigenvalue weighted by Gasteiger charge is -2.17. The van der Waals surface area contributed by atoms with Gasteiger partial charge in [-0.25, -0.2) is 4.79 Å². The Labute approximate surface area is 179 Å². The molecule has 0 aliphatic heterocycles. The summed E-state index contributed by atoms with van der Waals surface area (Å²) in [6, 6.07) is 12.1. The summed E-state index contributed by atoms with van der Waals surface area (Å²) in [6.07, 6.45) is 1.47. The molecule has 30 heavy (non-hydrogen) atoms. The first kappa shape index (κ1) is 21.8. The Bertz CT molecular complexity index is 955. The zero-order valence-electron chi connectivity index (χ0n) is 16.8. The van der Waals surface area contributed by atoms with E-state index in [1.807, 2.05) is 12.1 Å². The summed E-state index contributed by atoms with van der Waals surface area (Å²) in [4.78, 5) is 36.8. The number of amides is 2. The average Bonchev–Trinajstić information content (AvgIpc) is 3.54. The second kappa shape index (κ2) is 9.28. The van der Waals surface area contributed by atoms with E-state index in [-0.39, 0.29) is 30.5 Å². The van der Waals surface area contributed by atoms with Crippen LogP contribution in [0.25, 0.3) is 0 Å². The van der Waals surface area contributed by atoms with Crippen molar-refractivity contribution in [3.8, 4) is 0 Å². The predicted octanol–water partition coefficient (Wildman–Crippen LogP) is 3.06. The molecule has 8 heteroatoms. The van der Waals surface area contributed by atoms with E-state index in [2.05, 4.69) is 10.6 Å². The Kier molecular flexibility index (Phi) is 6.74. The van der Waals surface area contributed by atoms with Crippen LogP contribution in [0, 0.1) is 0 Å². The maximum Gasteiger partial charge on any atom is 0.337 e. The van der Waals surface area contributed by atoms with Gasteiger partial charge in [-0.2, -0.15) is 0 Å². The van der Waals surface area contributed by atoms with Crippen molar-refractivity contribution in [2.45, 2.75) is 24.8 Å². The van der Waals surface area contributed by atoms with Crippen LogP contribution in [0.4, 0.5) is 5.69 Å². The highest BCUT2D eigenvalue weighted by Gasteiger charge is 2.51. The Balaban J connectivity index is 1.80. The summed E-state index contributed by atoms with van der Waals surface area (Å²) in [5, 5.41) is 6.22. The van der Waals surface area contributed by atoms with Crippen LogP contribution < -0.4 is 10.6 Å². The molecule has 1 fully saturated rings. The first-order valence-electron chi connectivity index (χ1n) is 9.43. The van der Waals surface area contributed by atoms with Crippen molar-refractivity contribution in [2.75, 3.05) is 26.1 Å². The molecule has 0 unspecified atom stereocenters. The maximum atomic E-state index is 13.0. The molecule has 0 aromatic heterocycles. The van der Waals surface area contributed by atoms with Gasteiger partial charge in [0, 0.05) is 24.4 Å². The monoisotopic (exact) mass is 430 g/mol. The van der Waals surface area contributed by atoms with Gasteiger partial charge in [-0.1, -0.05) is 23.7 Å². The number of hydrogen-bond donors (Lipinski definition) is 2. The average molecular weight is 431 g/mol. The Morgan fingerprint density at radius 2 is 1.77 bits per heavy atom.